The van der Waals surface area contributed by atoms with Crippen molar-refractivity contribution in [3.63, 3.8) is 0 Å². The summed E-state index contributed by atoms with van der Waals surface area (Å²) in [6, 6.07) is 5.09. The number of morpholine rings is 1. The Labute approximate surface area is 115 Å². The lowest BCUT2D eigenvalue weighted by atomic mass is 10.1. The lowest BCUT2D eigenvalue weighted by Gasteiger charge is -2.35. The van der Waals surface area contributed by atoms with Crippen molar-refractivity contribution in [2.75, 3.05) is 26.2 Å². The molecule has 1 N–H and O–H groups in total. The van der Waals surface area contributed by atoms with Crippen molar-refractivity contribution in [2.45, 2.75) is 44.4 Å². The van der Waals surface area contributed by atoms with Gasteiger partial charge in [-0.25, -0.2) is 0 Å². The normalized spacial score (nSPS) is 29.3. The Bertz CT molecular complexity index is 380. The first-order chi connectivity index (χ1) is 9.31. The van der Waals surface area contributed by atoms with Crippen molar-refractivity contribution < 1.29 is 9.15 Å². The van der Waals surface area contributed by atoms with Gasteiger partial charge in [-0.2, -0.15) is 0 Å². The van der Waals surface area contributed by atoms with E-state index in [1.54, 1.807) is 6.26 Å². The Kier molecular flexibility index (Phi) is 4.21. The van der Waals surface area contributed by atoms with Crippen molar-refractivity contribution in [3.05, 3.63) is 24.2 Å². The molecular formula is C15H24N2O2. The summed E-state index contributed by atoms with van der Waals surface area (Å²) in [6.07, 6.45) is 5.66. The van der Waals surface area contributed by atoms with Crippen molar-refractivity contribution in [3.8, 4) is 0 Å². The highest BCUT2D eigenvalue weighted by molar-refractivity contribution is 5.00. The maximum absolute atomic E-state index is 5.95. The molecule has 3 atom stereocenters. The van der Waals surface area contributed by atoms with Gasteiger partial charge < -0.3 is 14.5 Å². The van der Waals surface area contributed by atoms with Crippen molar-refractivity contribution in [1.29, 1.82) is 0 Å². The molecule has 0 aliphatic carbocycles. The predicted molar refractivity (Wildman–Crippen MR) is 74.2 cm³/mol. The number of rotatable bonds is 5. The number of furan rings is 1. The SMILES string of the molecule is CC(Cc1ccco1)NCC1CN2CCCC2CO1. The fourth-order valence-corrected chi connectivity index (χ4v) is 3.14. The maximum atomic E-state index is 5.95. The Balaban J connectivity index is 1.40. The van der Waals surface area contributed by atoms with Gasteiger partial charge in [0.05, 0.1) is 19.0 Å². The van der Waals surface area contributed by atoms with Crippen LogP contribution in [0, 0.1) is 0 Å². The van der Waals surface area contributed by atoms with Gasteiger partial charge >= 0.3 is 0 Å². The van der Waals surface area contributed by atoms with Gasteiger partial charge in [0.25, 0.3) is 0 Å². The second-order valence-corrected chi connectivity index (χ2v) is 5.84. The zero-order valence-corrected chi connectivity index (χ0v) is 11.7. The zero-order valence-electron chi connectivity index (χ0n) is 11.7. The molecule has 0 spiro atoms. The first kappa shape index (κ1) is 13.2. The van der Waals surface area contributed by atoms with Gasteiger partial charge in [-0.1, -0.05) is 0 Å². The van der Waals surface area contributed by atoms with E-state index >= 15 is 0 Å². The molecule has 106 valence electrons. The van der Waals surface area contributed by atoms with Gasteiger partial charge in [-0.05, 0) is 38.4 Å². The van der Waals surface area contributed by atoms with Gasteiger partial charge in [0.2, 0.25) is 0 Å². The van der Waals surface area contributed by atoms with Crippen LogP contribution in [-0.4, -0.2) is 49.3 Å². The van der Waals surface area contributed by atoms with Crippen LogP contribution in [0.25, 0.3) is 0 Å². The van der Waals surface area contributed by atoms with Crippen molar-refractivity contribution in [2.24, 2.45) is 0 Å². The molecule has 4 nitrogen and oxygen atoms in total. The van der Waals surface area contributed by atoms with Crippen LogP contribution in [0.2, 0.25) is 0 Å². The second kappa shape index (κ2) is 6.07. The Hall–Kier alpha value is -0.840. The number of ether oxygens (including phenoxy) is 1. The predicted octanol–water partition coefficient (Wildman–Crippen LogP) is 1.66. The summed E-state index contributed by atoms with van der Waals surface area (Å²) < 4.78 is 11.3. The number of nitrogens with one attached hydrogen (secondary N) is 1. The van der Waals surface area contributed by atoms with E-state index in [0.717, 1.165) is 31.9 Å². The average molecular weight is 264 g/mol. The van der Waals surface area contributed by atoms with Gasteiger partial charge in [-0.3, -0.25) is 4.90 Å². The number of fused-ring (bicyclic) bond motifs is 1. The molecule has 0 bridgehead atoms. The molecule has 0 saturated carbocycles. The maximum Gasteiger partial charge on any atom is 0.105 e. The molecule has 3 heterocycles. The van der Waals surface area contributed by atoms with Crippen LogP contribution in [0.4, 0.5) is 0 Å². The summed E-state index contributed by atoms with van der Waals surface area (Å²) >= 11 is 0. The minimum Gasteiger partial charge on any atom is -0.469 e. The molecule has 3 rings (SSSR count). The number of hydrogen-bond donors (Lipinski definition) is 1. The molecule has 0 aromatic carbocycles. The number of hydrogen-bond acceptors (Lipinski definition) is 4. The van der Waals surface area contributed by atoms with Crippen molar-refractivity contribution in [1.82, 2.24) is 10.2 Å². The fourth-order valence-electron chi connectivity index (χ4n) is 3.14. The lowest BCUT2D eigenvalue weighted by molar-refractivity contribution is -0.0477. The van der Waals surface area contributed by atoms with E-state index in [4.69, 9.17) is 9.15 Å². The second-order valence-electron chi connectivity index (χ2n) is 5.84. The summed E-state index contributed by atoms with van der Waals surface area (Å²) in [5.74, 6) is 1.05. The standard InChI is InChI=1S/C15H24N2O2/c1-12(8-14-5-3-7-18-14)16-9-15-10-17-6-2-4-13(17)11-19-15/h3,5,7,12-13,15-16H,2,4,6,8-11H2,1H3. The Morgan fingerprint density at radius 1 is 1.53 bits per heavy atom. The molecule has 0 amide bonds. The summed E-state index contributed by atoms with van der Waals surface area (Å²) in [5, 5.41) is 3.56. The molecule has 3 unspecified atom stereocenters. The molecule has 4 heteroatoms. The third-order valence-corrected chi connectivity index (χ3v) is 4.24. The van der Waals surface area contributed by atoms with E-state index in [-0.39, 0.29) is 0 Å². The minimum absolute atomic E-state index is 0.341. The summed E-state index contributed by atoms with van der Waals surface area (Å²) in [6.45, 7) is 6.39. The minimum atomic E-state index is 0.341. The van der Waals surface area contributed by atoms with Crippen molar-refractivity contribution >= 4 is 0 Å². The Morgan fingerprint density at radius 3 is 3.32 bits per heavy atom. The summed E-state index contributed by atoms with van der Waals surface area (Å²) in [5.41, 5.74) is 0. The monoisotopic (exact) mass is 264 g/mol. The van der Waals surface area contributed by atoms with Gasteiger partial charge in [-0.15, -0.1) is 0 Å². The van der Waals surface area contributed by atoms with E-state index in [1.807, 2.05) is 12.1 Å². The third kappa shape index (κ3) is 3.38. The number of nitrogens with zero attached hydrogens (tertiary/aromatic N) is 1. The largest absolute Gasteiger partial charge is 0.469 e. The van der Waals surface area contributed by atoms with Crippen LogP contribution < -0.4 is 5.32 Å². The first-order valence-corrected chi connectivity index (χ1v) is 7.42. The third-order valence-electron chi connectivity index (χ3n) is 4.24. The zero-order chi connectivity index (χ0) is 13.1. The highest BCUT2D eigenvalue weighted by atomic mass is 16.5. The van der Waals surface area contributed by atoms with E-state index in [9.17, 15) is 0 Å². The highest BCUT2D eigenvalue weighted by Gasteiger charge is 2.32. The first-order valence-electron chi connectivity index (χ1n) is 7.42. The molecule has 1 aromatic rings. The average Bonchev–Trinajstić information content (AvgIpc) is 3.06. The van der Waals surface area contributed by atoms with Crippen LogP contribution in [0.3, 0.4) is 0 Å². The van der Waals surface area contributed by atoms with Crippen LogP contribution in [0.5, 0.6) is 0 Å². The molecule has 0 radical (unpaired) electrons. The smallest absolute Gasteiger partial charge is 0.105 e. The molecule has 19 heavy (non-hydrogen) atoms. The van der Waals surface area contributed by atoms with E-state index in [2.05, 4.69) is 17.1 Å². The molecule has 2 fully saturated rings. The lowest BCUT2D eigenvalue weighted by Crippen LogP contribution is -2.50. The van der Waals surface area contributed by atoms with Gasteiger partial charge in [0.15, 0.2) is 0 Å². The summed E-state index contributed by atoms with van der Waals surface area (Å²) in [4.78, 5) is 2.59. The Morgan fingerprint density at radius 2 is 2.47 bits per heavy atom. The molecule has 2 aliphatic rings. The molecule has 1 aromatic heterocycles. The fraction of sp³-hybridized carbons (Fsp3) is 0.733. The highest BCUT2D eigenvalue weighted by Crippen LogP contribution is 2.22. The van der Waals surface area contributed by atoms with E-state index in [0.29, 0.717) is 18.2 Å². The van der Waals surface area contributed by atoms with Gasteiger partial charge in [0.1, 0.15) is 5.76 Å². The quantitative estimate of drug-likeness (QED) is 0.878. The van der Waals surface area contributed by atoms with Crippen LogP contribution in [-0.2, 0) is 11.2 Å². The van der Waals surface area contributed by atoms with Crippen LogP contribution in [0.15, 0.2) is 22.8 Å². The summed E-state index contributed by atoms with van der Waals surface area (Å²) in [7, 11) is 0. The van der Waals surface area contributed by atoms with E-state index in [1.165, 1.54) is 19.4 Å². The topological polar surface area (TPSA) is 37.6 Å². The van der Waals surface area contributed by atoms with Crippen LogP contribution >= 0.6 is 0 Å². The molecule has 2 saturated heterocycles. The van der Waals surface area contributed by atoms with Crippen LogP contribution in [0.1, 0.15) is 25.5 Å². The van der Waals surface area contributed by atoms with Gasteiger partial charge in [0, 0.05) is 31.6 Å². The molecule has 2 aliphatic heterocycles. The van der Waals surface area contributed by atoms with E-state index < -0.39 is 0 Å². The molecular weight excluding hydrogens is 240 g/mol.